The van der Waals surface area contributed by atoms with Gasteiger partial charge in [0, 0.05) is 44.6 Å². The number of allylic oxidation sites excluding steroid dienone is 4. The highest BCUT2D eigenvalue weighted by Crippen LogP contribution is 2.26. The third-order valence-electron chi connectivity index (χ3n) is 4.59. The Bertz CT molecular complexity index is 1040. The molecular weight excluding hydrogens is 380 g/mol. The Morgan fingerprint density at radius 1 is 1.37 bits per heavy atom. The van der Waals surface area contributed by atoms with E-state index in [1.807, 2.05) is 27.9 Å². The van der Waals surface area contributed by atoms with E-state index in [9.17, 15) is 4.79 Å². The molecule has 30 heavy (non-hydrogen) atoms. The molecule has 2 aromatic rings. The predicted octanol–water partition coefficient (Wildman–Crippen LogP) is 2.63. The third kappa shape index (κ3) is 5.62. The van der Waals surface area contributed by atoms with Crippen LogP contribution in [0.3, 0.4) is 0 Å². The lowest BCUT2D eigenvalue weighted by Gasteiger charge is -2.14. The highest BCUT2D eigenvalue weighted by atomic mass is 16.5. The molecule has 0 fully saturated rings. The van der Waals surface area contributed by atoms with Crippen LogP contribution in [0.4, 0.5) is 0 Å². The van der Waals surface area contributed by atoms with Gasteiger partial charge >= 0.3 is 0 Å². The standard InChI is InChI=1S/C22H28N6O2/c1-5-30-21-15-23-22(25-16(21)2)18-8-6-7-17(13-18)14-19-20(29)9-11-28(26-19)12-10-24-27(3)4/h8-11,13,15H,5-7,12,14H2,1-4H3/b24-10-. The molecule has 8 heteroatoms. The van der Waals surface area contributed by atoms with Crippen molar-refractivity contribution in [3.05, 3.63) is 63.6 Å². The van der Waals surface area contributed by atoms with Gasteiger partial charge in [-0.05, 0) is 26.7 Å². The first kappa shape index (κ1) is 21.4. The number of rotatable bonds is 8. The molecular formula is C22H28N6O2. The Kier molecular flexibility index (Phi) is 7.11. The fourth-order valence-corrected chi connectivity index (χ4v) is 3.16. The van der Waals surface area contributed by atoms with Crippen LogP contribution in [0.2, 0.25) is 0 Å². The van der Waals surface area contributed by atoms with Crippen LogP contribution >= 0.6 is 0 Å². The summed E-state index contributed by atoms with van der Waals surface area (Å²) >= 11 is 0. The van der Waals surface area contributed by atoms with Crippen LogP contribution in [0.25, 0.3) is 5.57 Å². The zero-order valence-corrected chi connectivity index (χ0v) is 18.0. The topological polar surface area (TPSA) is 85.5 Å². The van der Waals surface area contributed by atoms with Crippen LogP contribution in [0, 0.1) is 6.92 Å². The fourth-order valence-electron chi connectivity index (χ4n) is 3.16. The molecule has 1 aliphatic rings. The molecule has 0 amide bonds. The maximum Gasteiger partial charge on any atom is 0.203 e. The van der Waals surface area contributed by atoms with Gasteiger partial charge in [-0.15, -0.1) is 0 Å². The Hall–Kier alpha value is -3.29. The molecule has 0 unspecified atom stereocenters. The summed E-state index contributed by atoms with van der Waals surface area (Å²) in [5, 5.41) is 10.4. The van der Waals surface area contributed by atoms with E-state index in [4.69, 9.17) is 4.74 Å². The normalized spacial score (nSPS) is 13.9. The minimum Gasteiger partial charge on any atom is -0.490 e. The van der Waals surface area contributed by atoms with Gasteiger partial charge in [-0.2, -0.15) is 10.2 Å². The van der Waals surface area contributed by atoms with Gasteiger partial charge in [0.25, 0.3) is 0 Å². The molecule has 3 rings (SSSR count). The lowest BCUT2D eigenvalue weighted by Crippen LogP contribution is -2.18. The predicted molar refractivity (Wildman–Crippen MR) is 118 cm³/mol. The van der Waals surface area contributed by atoms with Crippen molar-refractivity contribution < 1.29 is 4.74 Å². The minimum absolute atomic E-state index is 0.0547. The van der Waals surface area contributed by atoms with E-state index in [0.717, 1.165) is 29.7 Å². The second kappa shape index (κ2) is 9.96. The van der Waals surface area contributed by atoms with Crippen molar-refractivity contribution >= 4 is 11.8 Å². The number of hydrogen-bond acceptors (Lipinski definition) is 7. The van der Waals surface area contributed by atoms with Crippen LogP contribution in [0.15, 0.2) is 46.1 Å². The Morgan fingerprint density at radius 3 is 2.93 bits per heavy atom. The average molecular weight is 409 g/mol. The SMILES string of the molecule is CCOc1cnc(C2=CCCC(Cc3nn(C/C=N\N(C)C)ccc3=O)=C2)nc1C. The summed E-state index contributed by atoms with van der Waals surface area (Å²) in [6, 6.07) is 1.56. The Balaban J connectivity index is 1.77. The quantitative estimate of drug-likeness (QED) is 0.493. The molecule has 0 spiro atoms. The highest BCUT2D eigenvalue weighted by Gasteiger charge is 2.14. The molecule has 1 aliphatic carbocycles. The van der Waals surface area contributed by atoms with Gasteiger partial charge in [0.15, 0.2) is 11.6 Å². The number of aromatic nitrogens is 4. The van der Waals surface area contributed by atoms with Gasteiger partial charge in [0.05, 0.1) is 25.0 Å². The Labute approximate surface area is 176 Å². The van der Waals surface area contributed by atoms with Crippen molar-refractivity contribution in [2.24, 2.45) is 5.10 Å². The fraction of sp³-hybridized carbons (Fsp3) is 0.409. The number of nitrogens with zero attached hydrogens (tertiary/aromatic N) is 6. The monoisotopic (exact) mass is 408 g/mol. The first-order valence-corrected chi connectivity index (χ1v) is 10.1. The third-order valence-corrected chi connectivity index (χ3v) is 4.59. The summed E-state index contributed by atoms with van der Waals surface area (Å²) in [5.74, 6) is 1.38. The maximum atomic E-state index is 12.3. The van der Waals surface area contributed by atoms with Crippen LogP contribution < -0.4 is 10.2 Å². The van der Waals surface area contributed by atoms with Gasteiger partial charge in [0.1, 0.15) is 5.69 Å². The molecule has 2 heterocycles. The highest BCUT2D eigenvalue weighted by molar-refractivity contribution is 5.71. The molecule has 0 saturated heterocycles. The summed E-state index contributed by atoms with van der Waals surface area (Å²) < 4.78 is 7.25. The zero-order valence-electron chi connectivity index (χ0n) is 18.0. The first-order chi connectivity index (χ1) is 14.5. The van der Waals surface area contributed by atoms with Crippen molar-refractivity contribution in [2.45, 2.75) is 39.7 Å². The molecule has 158 valence electrons. The molecule has 2 aromatic heterocycles. The van der Waals surface area contributed by atoms with Crippen molar-refractivity contribution in [3.8, 4) is 5.75 Å². The molecule has 0 atom stereocenters. The minimum atomic E-state index is -0.0547. The summed E-state index contributed by atoms with van der Waals surface area (Å²) in [5.41, 5.74) is 3.41. The van der Waals surface area contributed by atoms with Crippen molar-refractivity contribution in [1.29, 1.82) is 0 Å². The van der Waals surface area contributed by atoms with Crippen molar-refractivity contribution in [1.82, 2.24) is 24.8 Å². The second-order valence-electron chi connectivity index (χ2n) is 7.25. The number of aryl methyl sites for hydroxylation is 1. The van der Waals surface area contributed by atoms with E-state index in [1.54, 1.807) is 34.4 Å². The molecule has 8 nitrogen and oxygen atoms in total. The zero-order chi connectivity index (χ0) is 21.5. The largest absolute Gasteiger partial charge is 0.490 e. The van der Waals surface area contributed by atoms with E-state index in [0.29, 0.717) is 36.8 Å². The summed E-state index contributed by atoms with van der Waals surface area (Å²) in [6.45, 7) is 4.95. The number of hydrogen-bond donors (Lipinski definition) is 0. The first-order valence-electron chi connectivity index (χ1n) is 10.1. The lowest BCUT2D eigenvalue weighted by atomic mass is 9.95. The van der Waals surface area contributed by atoms with E-state index in [-0.39, 0.29) is 5.43 Å². The molecule has 0 aromatic carbocycles. The summed E-state index contributed by atoms with van der Waals surface area (Å²) in [6.07, 6.45) is 11.6. The summed E-state index contributed by atoms with van der Waals surface area (Å²) in [4.78, 5) is 21.4. The molecule has 0 radical (unpaired) electrons. The van der Waals surface area contributed by atoms with Gasteiger partial charge in [-0.1, -0.05) is 17.7 Å². The van der Waals surface area contributed by atoms with Crippen LogP contribution in [-0.4, -0.2) is 51.7 Å². The average Bonchev–Trinajstić information content (AvgIpc) is 2.72. The van der Waals surface area contributed by atoms with Crippen LogP contribution in [0.1, 0.15) is 37.0 Å². The van der Waals surface area contributed by atoms with Gasteiger partial charge < -0.3 is 9.75 Å². The van der Waals surface area contributed by atoms with E-state index < -0.39 is 0 Å². The van der Waals surface area contributed by atoms with Crippen LogP contribution in [0.5, 0.6) is 5.75 Å². The molecule has 0 bridgehead atoms. The van der Waals surface area contributed by atoms with E-state index >= 15 is 0 Å². The number of ether oxygens (including phenoxy) is 1. The smallest absolute Gasteiger partial charge is 0.203 e. The summed E-state index contributed by atoms with van der Waals surface area (Å²) in [7, 11) is 3.72. The Morgan fingerprint density at radius 2 is 2.20 bits per heavy atom. The van der Waals surface area contributed by atoms with E-state index in [1.165, 1.54) is 0 Å². The van der Waals surface area contributed by atoms with Crippen molar-refractivity contribution in [3.63, 3.8) is 0 Å². The molecule has 0 saturated carbocycles. The van der Waals surface area contributed by atoms with Crippen LogP contribution in [-0.2, 0) is 13.0 Å². The maximum absolute atomic E-state index is 12.3. The second-order valence-corrected chi connectivity index (χ2v) is 7.25. The van der Waals surface area contributed by atoms with Gasteiger partial charge in [-0.3, -0.25) is 9.48 Å². The molecule has 0 N–H and O–H groups in total. The number of hydrazone groups is 1. The van der Waals surface area contributed by atoms with Gasteiger partial charge in [-0.25, -0.2) is 9.97 Å². The van der Waals surface area contributed by atoms with Crippen molar-refractivity contribution in [2.75, 3.05) is 20.7 Å². The van der Waals surface area contributed by atoms with E-state index in [2.05, 4.69) is 32.3 Å². The molecule has 0 aliphatic heterocycles. The lowest BCUT2D eigenvalue weighted by molar-refractivity contribution is 0.334. The van der Waals surface area contributed by atoms with Gasteiger partial charge in [0.2, 0.25) is 5.43 Å².